The summed E-state index contributed by atoms with van der Waals surface area (Å²) < 4.78 is 35.5. The number of aliphatic carboxylic acids is 1. The first-order chi connectivity index (χ1) is 19.6. The van der Waals surface area contributed by atoms with Gasteiger partial charge in [0, 0.05) is 20.0 Å². The van der Waals surface area contributed by atoms with E-state index in [1.165, 1.54) is 0 Å². The average molecular weight is 577 g/mol. The summed E-state index contributed by atoms with van der Waals surface area (Å²) in [4.78, 5) is 20.9. The summed E-state index contributed by atoms with van der Waals surface area (Å²) in [5.74, 6) is 1.42. The zero-order valence-electron chi connectivity index (χ0n) is 22.9. The van der Waals surface area contributed by atoms with Crippen molar-refractivity contribution in [3.63, 3.8) is 0 Å². The van der Waals surface area contributed by atoms with Crippen LogP contribution in [0.1, 0.15) is 37.3 Å². The molecule has 0 bridgehead atoms. The third kappa shape index (κ3) is 5.76. The Morgan fingerprint density at radius 3 is 2.32 bits per heavy atom. The molecule has 0 aromatic heterocycles. The number of carbonyl (C=O) groups is 1. The van der Waals surface area contributed by atoms with E-state index in [4.69, 9.17) is 34.5 Å². The lowest BCUT2D eigenvalue weighted by atomic mass is 9.81. The van der Waals surface area contributed by atoms with Crippen molar-refractivity contribution in [2.45, 2.75) is 37.0 Å². The van der Waals surface area contributed by atoms with Crippen molar-refractivity contribution in [3.8, 4) is 22.6 Å². The molecule has 2 aliphatic heterocycles. The Labute approximate surface area is 239 Å². The minimum atomic E-state index is -3.60. The van der Waals surface area contributed by atoms with Gasteiger partial charge in [0.15, 0.2) is 11.5 Å². The Bertz CT molecular complexity index is 1610. The van der Waals surface area contributed by atoms with Crippen LogP contribution < -0.4 is 14.7 Å². The molecule has 0 saturated heterocycles. The van der Waals surface area contributed by atoms with Crippen molar-refractivity contribution in [2.24, 2.45) is 15.7 Å². The van der Waals surface area contributed by atoms with E-state index in [1.54, 1.807) is 19.2 Å². The number of methoxy groups -OCH3 is 1. The van der Waals surface area contributed by atoms with Crippen molar-refractivity contribution in [2.75, 3.05) is 20.2 Å². The number of amidine groups is 1. The van der Waals surface area contributed by atoms with Crippen LogP contribution in [0.15, 0.2) is 82.8 Å². The van der Waals surface area contributed by atoms with Crippen molar-refractivity contribution in [3.05, 3.63) is 83.9 Å². The SMILES string of the molecule is CC(=O)O.COc1cccc(-c2cccc(C3(c4ccc(OS(=O)(=O)C5CC5)cc4)N=C(N)N4CCCN=C43)c2)c1. The lowest BCUT2D eigenvalue weighted by Crippen LogP contribution is -2.46. The van der Waals surface area contributed by atoms with E-state index in [0.717, 1.165) is 53.7 Å². The van der Waals surface area contributed by atoms with Crippen molar-refractivity contribution in [1.29, 1.82) is 0 Å². The number of benzene rings is 3. The topological polar surface area (TPSA) is 144 Å². The molecule has 0 radical (unpaired) electrons. The lowest BCUT2D eigenvalue weighted by Gasteiger charge is -2.33. The second-order valence-electron chi connectivity index (χ2n) is 10.0. The van der Waals surface area contributed by atoms with Gasteiger partial charge in [0.25, 0.3) is 5.97 Å². The first-order valence-corrected chi connectivity index (χ1v) is 14.8. The third-order valence-electron chi connectivity index (χ3n) is 7.04. The van der Waals surface area contributed by atoms with E-state index >= 15 is 0 Å². The standard InChI is InChI=1S/C28H28N4O4S.C2H4O2/c1-35-24-8-3-6-20(18-24)19-5-2-7-22(17-19)28(26-30-15-4-16-32(26)27(29)31-28)21-9-11-23(12-10-21)36-37(33,34)25-13-14-25;1-2(3)4/h2-3,5-12,17-18,25H,4,13-16H2,1H3,(H2,29,31);1H3,(H,3,4). The second kappa shape index (κ2) is 11.2. The first kappa shape index (κ1) is 28.2. The van der Waals surface area contributed by atoms with Crippen LogP contribution in [0.4, 0.5) is 0 Å². The molecular weight excluding hydrogens is 544 g/mol. The first-order valence-electron chi connectivity index (χ1n) is 13.3. The fraction of sp³-hybridized carbons (Fsp3) is 0.300. The fourth-order valence-corrected chi connectivity index (χ4v) is 6.24. The summed E-state index contributed by atoms with van der Waals surface area (Å²) in [6, 6.07) is 23.2. The number of guanidine groups is 1. The van der Waals surface area contributed by atoms with Crippen LogP contribution in [0.3, 0.4) is 0 Å². The Kier molecular flexibility index (Phi) is 7.72. The predicted octanol–water partition coefficient (Wildman–Crippen LogP) is 4.00. The van der Waals surface area contributed by atoms with Gasteiger partial charge in [-0.3, -0.25) is 14.7 Å². The minimum Gasteiger partial charge on any atom is -0.497 e. The number of carboxylic acids is 1. The molecule has 2 heterocycles. The summed E-state index contributed by atoms with van der Waals surface area (Å²) in [7, 11) is -1.95. The van der Waals surface area contributed by atoms with Gasteiger partial charge >= 0.3 is 10.1 Å². The van der Waals surface area contributed by atoms with E-state index in [0.29, 0.717) is 25.3 Å². The Balaban J connectivity index is 0.000000794. The van der Waals surface area contributed by atoms with E-state index in [-0.39, 0.29) is 5.75 Å². The van der Waals surface area contributed by atoms with Crippen LogP contribution >= 0.6 is 0 Å². The van der Waals surface area contributed by atoms with Crippen LogP contribution in [-0.2, 0) is 20.5 Å². The maximum atomic E-state index is 12.3. The van der Waals surface area contributed by atoms with Gasteiger partial charge in [-0.05, 0) is 71.8 Å². The Morgan fingerprint density at radius 1 is 1.00 bits per heavy atom. The molecule has 3 aromatic rings. The molecule has 6 rings (SSSR count). The smallest absolute Gasteiger partial charge is 0.312 e. The number of hydrogen-bond donors (Lipinski definition) is 2. The highest BCUT2D eigenvalue weighted by Gasteiger charge is 2.49. The number of hydrogen-bond acceptors (Lipinski definition) is 9. The number of aliphatic imine (C=N–C) groups is 2. The molecule has 41 heavy (non-hydrogen) atoms. The summed E-state index contributed by atoms with van der Waals surface area (Å²) >= 11 is 0. The number of carboxylic acid groups (broad SMARTS) is 1. The quantitative estimate of drug-likeness (QED) is 0.402. The molecule has 10 nitrogen and oxygen atoms in total. The van der Waals surface area contributed by atoms with Crippen LogP contribution in [0.2, 0.25) is 0 Å². The van der Waals surface area contributed by atoms with Gasteiger partial charge in [0.05, 0.1) is 12.4 Å². The molecule has 1 unspecified atom stereocenters. The fourth-order valence-electron chi connectivity index (χ4n) is 5.01. The largest absolute Gasteiger partial charge is 0.497 e. The number of fused-ring (bicyclic) bond motifs is 1. The average Bonchev–Trinajstić information content (AvgIpc) is 3.79. The van der Waals surface area contributed by atoms with Gasteiger partial charge < -0.3 is 19.8 Å². The molecule has 3 aliphatic rings. The van der Waals surface area contributed by atoms with Gasteiger partial charge in [0.2, 0.25) is 0 Å². The molecule has 0 spiro atoms. The van der Waals surface area contributed by atoms with Gasteiger partial charge in [0.1, 0.15) is 17.3 Å². The van der Waals surface area contributed by atoms with Crippen molar-refractivity contribution in [1.82, 2.24) is 4.90 Å². The monoisotopic (exact) mass is 576 g/mol. The van der Waals surface area contributed by atoms with Gasteiger partial charge in [-0.1, -0.05) is 42.5 Å². The molecule has 1 fully saturated rings. The summed E-state index contributed by atoms with van der Waals surface area (Å²) in [5, 5.41) is 7.02. The van der Waals surface area contributed by atoms with Crippen LogP contribution in [0.5, 0.6) is 11.5 Å². The highest BCUT2D eigenvalue weighted by Crippen LogP contribution is 2.43. The molecule has 1 aliphatic carbocycles. The van der Waals surface area contributed by atoms with E-state index < -0.39 is 26.9 Å². The maximum absolute atomic E-state index is 12.3. The molecule has 3 aromatic carbocycles. The van der Waals surface area contributed by atoms with Crippen LogP contribution in [0, 0.1) is 0 Å². The number of ether oxygens (including phenoxy) is 1. The van der Waals surface area contributed by atoms with Crippen LogP contribution in [0.25, 0.3) is 11.1 Å². The molecule has 3 N–H and O–H groups in total. The van der Waals surface area contributed by atoms with Crippen LogP contribution in [-0.4, -0.2) is 61.6 Å². The molecule has 214 valence electrons. The molecular formula is C30H32N4O6S. The lowest BCUT2D eigenvalue weighted by molar-refractivity contribution is -0.134. The number of rotatable bonds is 7. The third-order valence-corrected chi connectivity index (χ3v) is 8.75. The van der Waals surface area contributed by atoms with Crippen molar-refractivity contribution >= 4 is 27.9 Å². The second-order valence-corrected chi connectivity index (χ2v) is 11.8. The molecule has 1 atom stereocenters. The number of nitrogens with zero attached hydrogens (tertiary/aromatic N) is 3. The summed E-state index contributed by atoms with van der Waals surface area (Å²) in [6.45, 7) is 2.51. The summed E-state index contributed by atoms with van der Waals surface area (Å²) in [6.07, 6.45) is 2.19. The molecule has 11 heteroatoms. The number of nitrogens with two attached hydrogens (primary N) is 1. The highest BCUT2D eigenvalue weighted by atomic mass is 32.2. The summed E-state index contributed by atoms with van der Waals surface area (Å²) in [5.41, 5.74) is 9.26. The van der Waals surface area contributed by atoms with E-state index in [9.17, 15) is 8.42 Å². The van der Waals surface area contributed by atoms with Crippen molar-refractivity contribution < 1.29 is 27.2 Å². The van der Waals surface area contributed by atoms with E-state index in [1.807, 2.05) is 59.5 Å². The van der Waals surface area contributed by atoms with Gasteiger partial charge in [-0.25, -0.2) is 4.99 Å². The predicted molar refractivity (Wildman–Crippen MR) is 157 cm³/mol. The minimum absolute atomic E-state index is 0.285. The Hall–Kier alpha value is -4.38. The zero-order valence-corrected chi connectivity index (χ0v) is 23.7. The van der Waals surface area contributed by atoms with Gasteiger partial charge in [-0.15, -0.1) is 0 Å². The normalized spacial score (nSPS) is 19.7. The van der Waals surface area contributed by atoms with E-state index in [2.05, 4.69) is 6.07 Å². The molecule has 0 amide bonds. The Morgan fingerprint density at radius 2 is 1.66 bits per heavy atom. The highest BCUT2D eigenvalue weighted by molar-refractivity contribution is 7.88. The maximum Gasteiger partial charge on any atom is 0.312 e. The van der Waals surface area contributed by atoms with Gasteiger partial charge in [-0.2, -0.15) is 8.42 Å². The zero-order chi connectivity index (χ0) is 29.2. The molecule has 1 saturated carbocycles.